The Morgan fingerprint density at radius 1 is 1.22 bits per heavy atom. The van der Waals surface area contributed by atoms with Crippen molar-refractivity contribution in [3.8, 4) is 5.75 Å². The molecule has 0 aliphatic carbocycles. The van der Waals surface area contributed by atoms with Gasteiger partial charge in [0, 0.05) is 37.9 Å². The Labute approximate surface area is 162 Å². The van der Waals surface area contributed by atoms with Crippen molar-refractivity contribution < 1.29 is 9.53 Å². The maximum absolute atomic E-state index is 12.6. The maximum Gasteiger partial charge on any atom is 0.226 e. The van der Waals surface area contributed by atoms with Crippen LogP contribution in [0.3, 0.4) is 0 Å². The smallest absolute Gasteiger partial charge is 0.226 e. The molecule has 2 aromatic rings. The van der Waals surface area contributed by atoms with Crippen LogP contribution in [0.15, 0.2) is 36.7 Å². The predicted molar refractivity (Wildman–Crippen MR) is 107 cm³/mol. The van der Waals surface area contributed by atoms with Crippen molar-refractivity contribution in [3.05, 3.63) is 48.0 Å². The van der Waals surface area contributed by atoms with Crippen LogP contribution in [0.2, 0.25) is 0 Å². The van der Waals surface area contributed by atoms with Crippen LogP contribution in [0, 0.1) is 5.92 Å². The van der Waals surface area contributed by atoms with Crippen molar-refractivity contribution in [3.63, 3.8) is 0 Å². The molecule has 0 N–H and O–H groups in total. The molecule has 0 atom stereocenters. The number of piperidine rings is 1. The van der Waals surface area contributed by atoms with Crippen LogP contribution in [0.5, 0.6) is 5.75 Å². The zero-order valence-corrected chi connectivity index (χ0v) is 16.7. The third-order valence-corrected chi connectivity index (χ3v) is 5.28. The predicted octanol–water partition coefficient (Wildman–Crippen LogP) is 3.89. The number of rotatable bonds is 7. The number of carbonyl (C=O) groups excluding carboxylic acids is 1. The molecule has 1 fully saturated rings. The van der Waals surface area contributed by atoms with Gasteiger partial charge in [0.2, 0.25) is 5.91 Å². The molecule has 5 heteroatoms. The van der Waals surface area contributed by atoms with Gasteiger partial charge in [-0.2, -0.15) is 0 Å². The highest BCUT2D eigenvalue weighted by atomic mass is 16.5. The van der Waals surface area contributed by atoms with E-state index in [1.165, 1.54) is 0 Å². The van der Waals surface area contributed by atoms with Gasteiger partial charge >= 0.3 is 0 Å². The molecule has 146 valence electrons. The lowest BCUT2D eigenvalue weighted by Crippen LogP contribution is -2.40. The van der Waals surface area contributed by atoms with Crippen molar-refractivity contribution >= 4 is 5.91 Å². The molecule has 1 amide bonds. The number of hydrogen-bond donors (Lipinski definition) is 0. The quantitative estimate of drug-likeness (QED) is 0.744. The summed E-state index contributed by atoms with van der Waals surface area (Å²) in [5.41, 5.74) is 1.05. The minimum absolute atomic E-state index is 0.225. The van der Waals surface area contributed by atoms with Gasteiger partial charge in [-0.15, -0.1) is 0 Å². The van der Waals surface area contributed by atoms with Gasteiger partial charge in [-0.25, -0.2) is 4.98 Å². The van der Waals surface area contributed by atoms with Gasteiger partial charge < -0.3 is 14.2 Å². The van der Waals surface area contributed by atoms with E-state index in [1.54, 1.807) is 0 Å². The first-order valence-corrected chi connectivity index (χ1v) is 10.1. The number of benzene rings is 1. The molecule has 3 rings (SSSR count). The Kier molecular flexibility index (Phi) is 6.54. The highest BCUT2D eigenvalue weighted by Crippen LogP contribution is 2.22. The summed E-state index contributed by atoms with van der Waals surface area (Å²) in [4.78, 5) is 19.1. The summed E-state index contributed by atoms with van der Waals surface area (Å²) in [6, 6.07) is 7.86. The molecule has 0 saturated carbocycles. The van der Waals surface area contributed by atoms with E-state index in [0.29, 0.717) is 24.9 Å². The number of ether oxygens (including phenoxy) is 1. The van der Waals surface area contributed by atoms with Crippen molar-refractivity contribution in [2.24, 2.45) is 5.92 Å². The first kappa shape index (κ1) is 19.5. The molecule has 2 heterocycles. The highest BCUT2D eigenvalue weighted by Gasteiger charge is 2.23. The van der Waals surface area contributed by atoms with Crippen LogP contribution in [0.25, 0.3) is 0 Å². The largest absolute Gasteiger partial charge is 0.494 e. The van der Waals surface area contributed by atoms with E-state index >= 15 is 0 Å². The van der Waals surface area contributed by atoms with Crippen molar-refractivity contribution in [1.29, 1.82) is 0 Å². The average Bonchev–Trinajstić information content (AvgIpc) is 3.12. The second-order valence-corrected chi connectivity index (χ2v) is 7.67. The van der Waals surface area contributed by atoms with Crippen molar-refractivity contribution in [2.75, 3.05) is 19.7 Å². The molecule has 1 saturated heterocycles. The van der Waals surface area contributed by atoms with Crippen LogP contribution < -0.4 is 4.74 Å². The lowest BCUT2D eigenvalue weighted by Gasteiger charge is -2.32. The van der Waals surface area contributed by atoms with Crippen molar-refractivity contribution in [2.45, 2.75) is 52.5 Å². The van der Waals surface area contributed by atoms with Gasteiger partial charge in [-0.3, -0.25) is 4.79 Å². The normalized spacial score (nSPS) is 15.3. The third-order valence-electron chi connectivity index (χ3n) is 5.28. The molecule has 0 spiro atoms. The fraction of sp³-hybridized carbons (Fsp3) is 0.545. The topological polar surface area (TPSA) is 47.4 Å². The third kappa shape index (κ3) is 5.12. The Bertz CT molecular complexity index is 728. The average molecular weight is 370 g/mol. The van der Waals surface area contributed by atoms with Crippen LogP contribution in [-0.2, 0) is 17.8 Å². The van der Waals surface area contributed by atoms with Crippen LogP contribution in [0.4, 0.5) is 0 Å². The fourth-order valence-electron chi connectivity index (χ4n) is 3.78. The summed E-state index contributed by atoms with van der Waals surface area (Å²) in [6.07, 6.45) is 6.56. The zero-order valence-electron chi connectivity index (χ0n) is 16.7. The van der Waals surface area contributed by atoms with Crippen LogP contribution >= 0.6 is 0 Å². The van der Waals surface area contributed by atoms with Gasteiger partial charge in [0.25, 0.3) is 0 Å². The first-order valence-electron chi connectivity index (χ1n) is 10.1. The van der Waals surface area contributed by atoms with Gasteiger partial charge in [-0.05, 0) is 43.4 Å². The molecule has 0 unspecified atom stereocenters. The Morgan fingerprint density at radius 2 is 1.93 bits per heavy atom. The van der Waals surface area contributed by atoms with E-state index in [9.17, 15) is 4.79 Å². The Morgan fingerprint density at radius 3 is 2.56 bits per heavy atom. The van der Waals surface area contributed by atoms with E-state index in [1.807, 2.05) is 42.3 Å². The molecule has 1 aromatic carbocycles. The van der Waals surface area contributed by atoms with E-state index in [-0.39, 0.29) is 5.91 Å². The summed E-state index contributed by atoms with van der Waals surface area (Å²) < 4.78 is 7.74. The van der Waals surface area contributed by atoms with Gasteiger partial charge in [0.15, 0.2) is 0 Å². The number of nitrogens with zero attached hydrogens (tertiary/aromatic N) is 3. The summed E-state index contributed by atoms with van der Waals surface area (Å²) in [7, 11) is 0. The Balaban J connectivity index is 1.48. The SMILES string of the molecule is CCOc1ccc(CC(=O)N2CCC(Cn3ccnc3C(C)C)CC2)cc1. The zero-order chi connectivity index (χ0) is 19.2. The van der Waals surface area contributed by atoms with E-state index < -0.39 is 0 Å². The van der Waals surface area contributed by atoms with Gasteiger partial charge in [0.05, 0.1) is 13.0 Å². The minimum Gasteiger partial charge on any atom is -0.494 e. The monoisotopic (exact) mass is 369 g/mol. The first-order chi connectivity index (χ1) is 13.1. The summed E-state index contributed by atoms with van der Waals surface area (Å²) in [5.74, 6) is 3.30. The van der Waals surface area contributed by atoms with Crippen LogP contribution in [0.1, 0.15) is 50.9 Å². The maximum atomic E-state index is 12.6. The molecular formula is C22H31N3O2. The molecular weight excluding hydrogens is 338 g/mol. The number of carbonyl (C=O) groups is 1. The molecule has 5 nitrogen and oxygen atoms in total. The second-order valence-electron chi connectivity index (χ2n) is 7.67. The fourth-order valence-corrected chi connectivity index (χ4v) is 3.78. The van der Waals surface area contributed by atoms with Crippen LogP contribution in [-0.4, -0.2) is 40.1 Å². The standard InChI is InChI=1S/C22H31N3O2/c1-4-27-20-7-5-18(6-8-20)15-21(26)24-12-9-19(10-13-24)16-25-14-11-23-22(25)17(2)3/h5-8,11,14,17,19H,4,9-10,12-13,15-16H2,1-3H3. The van der Waals surface area contributed by atoms with Gasteiger partial charge in [-0.1, -0.05) is 26.0 Å². The molecule has 1 aliphatic heterocycles. The van der Waals surface area contributed by atoms with Crippen molar-refractivity contribution in [1.82, 2.24) is 14.5 Å². The number of amides is 1. The van der Waals surface area contributed by atoms with E-state index in [4.69, 9.17) is 4.74 Å². The number of aromatic nitrogens is 2. The number of hydrogen-bond acceptors (Lipinski definition) is 3. The number of imidazole rings is 1. The lowest BCUT2D eigenvalue weighted by molar-refractivity contribution is -0.131. The summed E-state index contributed by atoms with van der Waals surface area (Å²) in [6.45, 7) is 9.71. The van der Waals surface area contributed by atoms with E-state index in [0.717, 1.165) is 49.6 Å². The molecule has 1 aliphatic rings. The summed E-state index contributed by atoms with van der Waals surface area (Å²) >= 11 is 0. The molecule has 0 radical (unpaired) electrons. The van der Waals surface area contributed by atoms with Gasteiger partial charge in [0.1, 0.15) is 11.6 Å². The second kappa shape index (κ2) is 9.07. The minimum atomic E-state index is 0.225. The molecule has 0 bridgehead atoms. The molecule has 1 aromatic heterocycles. The summed E-state index contributed by atoms with van der Waals surface area (Å²) in [5, 5.41) is 0. The number of likely N-dealkylation sites (tertiary alicyclic amines) is 1. The highest BCUT2D eigenvalue weighted by molar-refractivity contribution is 5.78. The lowest BCUT2D eigenvalue weighted by atomic mass is 9.96. The molecule has 27 heavy (non-hydrogen) atoms. The Hall–Kier alpha value is -2.30. The van der Waals surface area contributed by atoms with E-state index in [2.05, 4.69) is 29.6 Å².